The van der Waals surface area contributed by atoms with Gasteiger partial charge in [-0.05, 0) is 93.2 Å². The smallest absolute Gasteiger partial charge is 0.333 e. The molecule has 68 heavy (non-hydrogen) atoms. The lowest BCUT2D eigenvalue weighted by Gasteiger charge is -2.62. The fraction of sp³-hybridized carbons (Fsp3) is 0.500. The maximum absolute atomic E-state index is 15.9. The Hall–Kier alpha value is -5.35. The Morgan fingerprint density at radius 3 is 2.31 bits per heavy atom. The van der Waals surface area contributed by atoms with Crippen molar-refractivity contribution in [3.8, 4) is 17.2 Å². The number of hydrogen-bond acceptors (Lipinski definition) is 14. The summed E-state index contributed by atoms with van der Waals surface area (Å²) in [7, 11) is 1.29. The number of fused-ring (bicyclic) bond motifs is 5. The zero-order valence-corrected chi connectivity index (χ0v) is 39.9. The molecule has 2 saturated heterocycles. The Morgan fingerprint density at radius 2 is 1.62 bits per heavy atom. The molecule has 360 valence electrons. The summed E-state index contributed by atoms with van der Waals surface area (Å²) in [6.07, 6.45) is 3.38. The van der Waals surface area contributed by atoms with Crippen molar-refractivity contribution in [1.82, 2.24) is 0 Å². The number of hydrogen-bond donors (Lipinski definition) is 4. The number of ether oxygens (including phenoxy) is 7. The molecule has 5 heterocycles. The first-order valence-corrected chi connectivity index (χ1v) is 23.6. The Bertz CT molecular complexity index is 2740. The lowest BCUT2D eigenvalue weighted by molar-refractivity contribution is -0.277. The molecule has 11 rings (SSSR count). The number of carbonyl (C=O) groups is 3. The van der Waals surface area contributed by atoms with Gasteiger partial charge in [-0.1, -0.05) is 53.6 Å². The monoisotopic (exact) mass is 932 g/mol. The van der Waals surface area contributed by atoms with Gasteiger partial charge in [0.25, 0.3) is 0 Å². The van der Waals surface area contributed by atoms with E-state index in [0.29, 0.717) is 69.7 Å². The number of benzene rings is 2. The van der Waals surface area contributed by atoms with Gasteiger partial charge in [0.1, 0.15) is 64.3 Å². The number of Topliss-reactive ketones (excluding diaryl/α,β-unsaturated/α-hetero) is 2. The molecule has 1 spiro atoms. The van der Waals surface area contributed by atoms with Crippen LogP contribution in [0.15, 0.2) is 76.4 Å². The predicted molar refractivity (Wildman–Crippen MR) is 248 cm³/mol. The van der Waals surface area contributed by atoms with Crippen LogP contribution in [0.2, 0.25) is 0 Å². The zero-order chi connectivity index (χ0) is 48.6. The lowest BCUT2D eigenvalue weighted by Crippen LogP contribution is -2.75. The number of carbonyl (C=O) groups excluding carboxylic acids is 3. The van der Waals surface area contributed by atoms with Crippen LogP contribution in [0.25, 0.3) is 17.6 Å². The van der Waals surface area contributed by atoms with Gasteiger partial charge < -0.3 is 53.6 Å². The van der Waals surface area contributed by atoms with Crippen molar-refractivity contribution in [1.29, 1.82) is 0 Å². The number of ketones is 2. The van der Waals surface area contributed by atoms with E-state index in [2.05, 4.69) is 6.08 Å². The number of allylic oxidation sites excluding steroid dienone is 5. The van der Waals surface area contributed by atoms with Crippen molar-refractivity contribution in [3.05, 3.63) is 104 Å². The van der Waals surface area contributed by atoms with Crippen molar-refractivity contribution in [2.24, 2.45) is 17.8 Å². The lowest BCUT2D eigenvalue weighted by atomic mass is 9.45. The highest BCUT2D eigenvalue weighted by molar-refractivity contribution is 6.22. The van der Waals surface area contributed by atoms with Gasteiger partial charge in [-0.2, -0.15) is 0 Å². The fourth-order valence-corrected chi connectivity index (χ4v) is 12.3. The molecule has 0 aromatic heterocycles. The predicted octanol–water partition coefficient (Wildman–Crippen LogP) is 6.66. The van der Waals surface area contributed by atoms with Gasteiger partial charge in [0, 0.05) is 52.0 Å². The molecule has 0 amide bonds. The molecule has 2 aromatic carbocycles. The first-order chi connectivity index (χ1) is 32.2. The van der Waals surface area contributed by atoms with Crippen molar-refractivity contribution in [3.63, 3.8) is 0 Å². The highest BCUT2D eigenvalue weighted by Crippen LogP contribution is 2.75. The van der Waals surface area contributed by atoms with Gasteiger partial charge >= 0.3 is 5.97 Å². The average Bonchev–Trinajstić information content (AvgIpc) is 3.66. The summed E-state index contributed by atoms with van der Waals surface area (Å²) in [4.78, 5) is 43.6. The molecule has 14 nitrogen and oxygen atoms in total. The van der Waals surface area contributed by atoms with E-state index < -0.39 is 83.4 Å². The van der Waals surface area contributed by atoms with Crippen LogP contribution in [0.3, 0.4) is 0 Å². The average molecular weight is 933 g/mol. The first kappa shape index (κ1) is 46.4. The SMILES string of the molecule is COC(=O)/C(C)=C\CC12OC(C)(C)C3CC(C1=O)C1C4=C(OC5=C1C32Oc1c(CC=C(C)C)c2c(c(O[C@@H]3O[C@H](CO)[C@@H](O)[C@H](O)[C@H]3O)c15)C=CC(C)(CCC=C(C)C)O2)c1ccccc1C4=O. The van der Waals surface area contributed by atoms with Crippen LogP contribution in [0.5, 0.6) is 17.2 Å². The van der Waals surface area contributed by atoms with E-state index in [-0.39, 0.29) is 47.2 Å². The molecule has 11 atom stereocenters. The van der Waals surface area contributed by atoms with E-state index in [4.69, 9.17) is 33.2 Å². The van der Waals surface area contributed by atoms with Gasteiger partial charge in [0.2, 0.25) is 6.29 Å². The summed E-state index contributed by atoms with van der Waals surface area (Å²) in [6.45, 7) is 14.9. The highest BCUT2D eigenvalue weighted by atomic mass is 16.7. The molecule has 4 aliphatic carbocycles. The van der Waals surface area contributed by atoms with Crippen LogP contribution >= 0.6 is 0 Å². The fourth-order valence-electron chi connectivity index (χ4n) is 12.3. The molecule has 0 radical (unpaired) electrons. The van der Waals surface area contributed by atoms with E-state index in [1.54, 1.807) is 25.1 Å². The normalized spacial score (nSPS) is 34.2. The van der Waals surface area contributed by atoms with Crippen LogP contribution in [0, 0.1) is 17.8 Å². The van der Waals surface area contributed by atoms with Crippen LogP contribution in [0.1, 0.15) is 114 Å². The number of esters is 1. The van der Waals surface area contributed by atoms with Crippen molar-refractivity contribution in [2.45, 2.75) is 141 Å². The summed E-state index contributed by atoms with van der Waals surface area (Å²) >= 11 is 0. The van der Waals surface area contributed by atoms with Gasteiger partial charge in [-0.15, -0.1) is 0 Å². The van der Waals surface area contributed by atoms with Crippen molar-refractivity contribution < 1.29 is 68.0 Å². The van der Waals surface area contributed by atoms with E-state index >= 15 is 4.79 Å². The summed E-state index contributed by atoms with van der Waals surface area (Å²) in [5.74, 6) is -1.88. The second-order valence-corrected chi connectivity index (χ2v) is 20.8. The van der Waals surface area contributed by atoms with Gasteiger partial charge in [0.15, 0.2) is 22.8 Å². The topological polar surface area (TPSA) is 197 Å². The van der Waals surface area contributed by atoms with Crippen LogP contribution in [-0.2, 0) is 35.0 Å². The first-order valence-electron chi connectivity index (χ1n) is 23.6. The third-order valence-electron chi connectivity index (χ3n) is 15.5. The van der Waals surface area contributed by atoms with Gasteiger partial charge in [0.05, 0.1) is 30.5 Å². The maximum Gasteiger partial charge on any atom is 0.333 e. The third-order valence-corrected chi connectivity index (χ3v) is 15.5. The number of aliphatic hydroxyl groups is 4. The quantitative estimate of drug-likeness (QED) is 0.106. The van der Waals surface area contributed by atoms with E-state index in [9.17, 15) is 30.0 Å². The second kappa shape index (κ2) is 16.1. The molecule has 5 fully saturated rings. The Kier molecular flexibility index (Phi) is 11.0. The summed E-state index contributed by atoms with van der Waals surface area (Å²) in [5.41, 5.74) is 0.429. The van der Waals surface area contributed by atoms with Crippen LogP contribution in [0.4, 0.5) is 0 Å². The summed E-state index contributed by atoms with van der Waals surface area (Å²) in [5, 5.41) is 43.8. The molecular formula is C54H60O14. The standard InChI is InChI=1S/C54H60O14/c1-25(2)13-12-20-52(8)21-19-31-43(66-52)30(17-16-26(3)4)46-37(45(31)65-50-42(59)41(58)40(57)33(24-55)63-50)47-38-35(36-39(56)28-14-10-11-15-29(28)44(36)64-47)32-23-34-51(6,7)68-53(48(32)60,54(34,38)67-46)22-18-27(5)49(61)62-9/h10-11,13-16,18-19,21,32-35,40-42,50,55,57-59H,12,17,20,22-24H2,1-9H3/b27-18-/t32?,33-,34?,35?,40-,41+,42-,50+,52?,53?,54?/m1/s1. The Balaban J connectivity index is 1.30. The summed E-state index contributed by atoms with van der Waals surface area (Å²) in [6, 6.07) is 7.18. The zero-order valence-electron chi connectivity index (χ0n) is 39.9. The molecule has 2 aromatic rings. The largest absolute Gasteiger partial charge is 0.482 e. The van der Waals surface area contributed by atoms with Crippen molar-refractivity contribution in [2.75, 3.05) is 13.7 Å². The van der Waals surface area contributed by atoms with Gasteiger partial charge in [-0.3, -0.25) is 9.59 Å². The Morgan fingerprint density at radius 1 is 0.897 bits per heavy atom. The molecular weight excluding hydrogens is 873 g/mol. The molecule has 14 heteroatoms. The number of methoxy groups -OCH3 is 1. The Labute approximate surface area is 395 Å². The van der Waals surface area contributed by atoms with Crippen LogP contribution < -0.4 is 14.2 Å². The minimum Gasteiger partial charge on any atom is -0.482 e. The molecule has 6 unspecified atom stereocenters. The van der Waals surface area contributed by atoms with E-state index in [0.717, 1.165) is 11.1 Å². The minimum absolute atomic E-state index is 0.0771. The molecule has 4 bridgehead atoms. The molecule has 9 aliphatic rings. The van der Waals surface area contributed by atoms with Gasteiger partial charge in [-0.25, -0.2) is 4.79 Å². The molecule has 3 saturated carbocycles. The minimum atomic E-state index is -1.80. The van der Waals surface area contributed by atoms with Crippen molar-refractivity contribution >= 4 is 35.1 Å². The summed E-state index contributed by atoms with van der Waals surface area (Å²) < 4.78 is 47.5. The number of aliphatic hydroxyl groups excluding tert-OH is 4. The maximum atomic E-state index is 15.9. The molecule has 5 aliphatic heterocycles. The molecule has 4 N–H and O–H groups in total. The highest BCUT2D eigenvalue weighted by Gasteiger charge is 2.84. The van der Waals surface area contributed by atoms with E-state index in [1.807, 2.05) is 78.8 Å². The van der Waals surface area contributed by atoms with E-state index in [1.165, 1.54) is 7.11 Å². The second-order valence-electron chi connectivity index (χ2n) is 20.8. The third kappa shape index (κ3) is 6.47. The number of rotatable bonds is 11. The van der Waals surface area contributed by atoms with Crippen LogP contribution in [-0.4, -0.2) is 105 Å².